The van der Waals surface area contributed by atoms with E-state index in [0.717, 1.165) is 173 Å². The maximum absolute atomic E-state index is 12.9. The first kappa shape index (κ1) is 95.9. The van der Waals surface area contributed by atoms with Crippen molar-refractivity contribution < 1.29 is 67.1 Å². The van der Waals surface area contributed by atoms with Gasteiger partial charge in [-0.3, -0.25) is 24.6 Å². The second-order valence-corrected chi connectivity index (χ2v) is 39.4. The number of carbonyl (C=O) groups excluding carboxylic acids is 4. The molecule has 12 aromatic rings. The first-order valence-corrected chi connectivity index (χ1v) is 48.7. The number of hydrogen-bond donors (Lipinski definition) is 8. The van der Waals surface area contributed by atoms with Gasteiger partial charge < -0.3 is 45.3 Å². The number of nitrogens with zero attached hydrogens (tertiary/aromatic N) is 11. The fourth-order valence-corrected chi connectivity index (χ4v) is 19.5. The zero-order chi connectivity index (χ0) is 94.2. The summed E-state index contributed by atoms with van der Waals surface area (Å²) in [6.07, 6.45) is 25.9. The van der Waals surface area contributed by atoms with Crippen molar-refractivity contribution in [3.63, 3.8) is 0 Å². The van der Waals surface area contributed by atoms with Crippen LogP contribution in [0, 0.1) is 0 Å². The highest BCUT2D eigenvalue weighted by Crippen LogP contribution is 2.43. The van der Waals surface area contributed by atoms with Crippen molar-refractivity contribution in [2.45, 2.75) is 156 Å². The van der Waals surface area contributed by atoms with Gasteiger partial charge in [0.25, 0.3) is 40.1 Å². The van der Waals surface area contributed by atoms with Crippen LogP contribution in [0.4, 0.5) is 41.9 Å². The lowest BCUT2D eigenvalue weighted by Gasteiger charge is -2.23. The summed E-state index contributed by atoms with van der Waals surface area (Å²) in [6, 6.07) is 37.3. The van der Waals surface area contributed by atoms with Crippen molar-refractivity contribution in [3.05, 3.63) is 257 Å². The molecule has 4 aromatic carbocycles. The van der Waals surface area contributed by atoms with E-state index in [1.165, 1.54) is 86.6 Å². The Bertz CT molecular complexity index is 6750. The largest absolute Gasteiger partial charge is 0.481 e. The monoisotopic (exact) mass is 1870 g/mol. The minimum atomic E-state index is -4.10. The van der Waals surface area contributed by atoms with Crippen molar-refractivity contribution in [3.8, 4) is 62.1 Å². The van der Waals surface area contributed by atoms with Crippen LogP contribution in [-0.2, 0) is 105 Å². The Morgan fingerprint density at radius 3 is 1.16 bits per heavy atom. The van der Waals surface area contributed by atoms with E-state index in [0.29, 0.717) is 64.9 Å². The van der Waals surface area contributed by atoms with Crippen molar-refractivity contribution in [2.24, 2.45) is 0 Å². The lowest BCUT2D eigenvalue weighted by Crippen LogP contribution is -2.35. The predicted octanol–water partition coefficient (Wildman–Crippen LogP) is 14.6. The van der Waals surface area contributed by atoms with Crippen LogP contribution in [0.1, 0.15) is 133 Å². The molecule has 38 heteroatoms. The summed E-state index contributed by atoms with van der Waals surface area (Å²) in [4.78, 5) is 84.3. The molecule has 0 fully saturated rings. The number of benzene rings is 4. The Balaban J connectivity index is 0.000000150. The van der Waals surface area contributed by atoms with Gasteiger partial charge >= 0.3 is 24.1 Å². The van der Waals surface area contributed by atoms with Gasteiger partial charge in [-0.05, 0) is 259 Å². The molecule has 132 heavy (non-hydrogen) atoms. The molecular formula is C94H105N19O15S4. The number of methoxy groups -OCH3 is 3. The van der Waals surface area contributed by atoms with Crippen LogP contribution in [0.5, 0.6) is 17.6 Å². The van der Waals surface area contributed by atoms with Gasteiger partial charge in [0.15, 0.2) is 5.03 Å². The highest BCUT2D eigenvalue weighted by molar-refractivity contribution is 7.91. The van der Waals surface area contributed by atoms with Gasteiger partial charge in [-0.2, -0.15) is 13.5 Å². The minimum Gasteiger partial charge on any atom is -0.481 e. The molecule has 0 saturated heterocycles. The molecule has 8 heterocycles. The number of pyridine rings is 7. The minimum absolute atomic E-state index is 0.00580. The Morgan fingerprint density at radius 2 is 0.765 bits per heavy atom. The van der Waals surface area contributed by atoms with E-state index in [1.807, 2.05) is 132 Å². The van der Waals surface area contributed by atoms with Crippen molar-refractivity contribution in [2.75, 3.05) is 70.8 Å². The van der Waals surface area contributed by atoms with E-state index in [-0.39, 0.29) is 31.7 Å². The molecule has 8 amide bonds. The zero-order valence-electron chi connectivity index (χ0n) is 74.9. The number of sulfonamides is 4. The smallest absolute Gasteiger partial charge is 0.333 e. The van der Waals surface area contributed by atoms with Gasteiger partial charge in [0.1, 0.15) is 4.90 Å². The number of nitrogens with one attached hydrogen (secondary N) is 8. The average molecular weight is 1870 g/mol. The summed E-state index contributed by atoms with van der Waals surface area (Å²) < 4.78 is 128. The SMILES string of the molecule is CC(C)n1ccc(S(=O)(=O)NC(=O)Nc2c(-c3cccnc3)ccc3c2CCCC3)n1.COc1cc(-c2ccc3c(c2NC(=O)NS(=O)(=O)c2ccc(CN(C)C)nc2)CCC3)ccn1.COc1cc(-c2ccc3c(c2NC(=O)NS(=O)(=O)c2ccnc(C(C)C)c2)CCC3)ccn1.COc1cc(-c2ccc3c(c2NC(=O)NS(=O)(=O)c2ccnc(CN(C)C)c2)CCC3)ccn1. The van der Waals surface area contributed by atoms with Crippen LogP contribution in [-0.4, -0.2) is 162 Å². The molecule has 690 valence electrons. The van der Waals surface area contributed by atoms with Gasteiger partial charge in [-0.15, -0.1) is 0 Å². The molecule has 0 bridgehead atoms. The van der Waals surface area contributed by atoms with Crippen molar-refractivity contribution in [1.82, 2.24) is 73.4 Å². The number of rotatable bonds is 25. The summed E-state index contributed by atoms with van der Waals surface area (Å²) in [6.45, 7) is 8.68. The molecule has 0 saturated carbocycles. The van der Waals surface area contributed by atoms with Gasteiger partial charge in [0.05, 0.1) is 65.3 Å². The number of ether oxygens (including phenoxy) is 3. The number of aryl methyl sites for hydroxylation is 4. The molecule has 4 aliphatic carbocycles. The molecule has 16 rings (SSSR count). The topological polar surface area (TPSA) is 443 Å². The number of carbonyl (C=O) groups is 4. The maximum atomic E-state index is 12.9. The predicted molar refractivity (Wildman–Crippen MR) is 503 cm³/mol. The molecule has 0 aliphatic heterocycles. The van der Waals surface area contributed by atoms with Crippen LogP contribution in [0.3, 0.4) is 0 Å². The standard InChI is InChI=1S/2C24H27N5O4S.C24H26N4O4S.C22H25N5O3S/c1-29(2)15-18-8-9-19(14-26-18)34(31,32)28-24(30)27-23-20-6-4-5-16(20)7-10-21(23)17-11-12-25-22(13-17)33-3;1-29(2)15-18-14-19(10-12-25-18)34(31,32)28-24(30)27-23-20-6-4-5-16(20)7-8-21(23)17-9-11-26-22(13-17)33-3;1-15(2)21-14-18(10-12-25-21)33(30,31)28-24(29)27-23-19-6-4-5-16(19)7-8-20(23)17-9-11-26-22(13-17)32-3;1-15(2)27-13-11-20(25-27)31(29,30)26-22(28)24-21-18-8-4-3-6-16(18)9-10-19(21)17-7-5-12-23-14-17/h2*7-14H,4-6,15H2,1-3H3,(H2,27,28,30);7-15H,4-6H2,1-3H3,(H2,27,28,29);5,7,9-15H,3-4,6,8H2,1-2H3,(H2,24,26,28). The summed E-state index contributed by atoms with van der Waals surface area (Å²) in [5.74, 6) is 1.40. The van der Waals surface area contributed by atoms with E-state index in [9.17, 15) is 52.8 Å². The first-order chi connectivity index (χ1) is 63.2. The Morgan fingerprint density at radius 1 is 0.379 bits per heavy atom. The fourth-order valence-electron chi connectivity index (χ4n) is 15.9. The number of anilines is 4. The Hall–Kier alpha value is -13.7. The highest BCUT2D eigenvalue weighted by atomic mass is 32.2. The second kappa shape index (κ2) is 42.5. The third-order valence-electron chi connectivity index (χ3n) is 22.2. The van der Waals surface area contributed by atoms with E-state index in [4.69, 9.17) is 14.2 Å². The Kier molecular flexibility index (Phi) is 30.9. The molecule has 8 N–H and O–H groups in total. The maximum Gasteiger partial charge on any atom is 0.333 e. The normalized spacial score (nSPS) is 13.1. The van der Waals surface area contributed by atoms with Gasteiger partial charge in [-0.1, -0.05) is 68.4 Å². The third-order valence-corrected chi connectivity index (χ3v) is 27.4. The van der Waals surface area contributed by atoms with Crippen LogP contribution >= 0.6 is 0 Å². The molecule has 0 radical (unpaired) electrons. The summed E-state index contributed by atoms with van der Waals surface area (Å²) >= 11 is 0. The lowest BCUT2D eigenvalue weighted by molar-refractivity contribution is 0.255. The third kappa shape index (κ3) is 23.9. The van der Waals surface area contributed by atoms with Crippen LogP contribution in [0.25, 0.3) is 44.5 Å². The number of amides is 8. The van der Waals surface area contributed by atoms with Crippen LogP contribution in [0.2, 0.25) is 0 Å². The molecule has 34 nitrogen and oxygen atoms in total. The Labute approximate surface area is 768 Å². The lowest BCUT2D eigenvalue weighted by atomic mass is 9.87. The van der Waals surface area contributed by atoms with Crippen LogP contribution < -0.4 is 54.4 Å². The number of aromatic nitrogens is 9. The molecule has 0 atom stereocenters. The summed E-state index contributed by atoms with van der Waals surface area (Å²) in [5, 5.41) is 15.1. The van der Waals surface area contributed by atoms with Crippen molar-refractivity contribution >= 4 is 87.0 Å². The van der Waals surface area contributed by atoms with Gasteiger partial charge in [-0.25, -0.2) is 78.3 Å². The van der Waals surface area contributed by atoms with Gasteiger partial charge in [0, 0.05) is 127 Å². The van der Waals surface area contributed by atoms with E-state index in [2.05, 4.69) is 92.3 Å². The molecule has 0 unspecified atom stereocenters. The quantitative estimate of drug-likeness (QED) is 0.0263. The van der Waals surface area contributed by atoms with Crippen LogP contribution in [0.15, 0.2) is 215 Å². The van der Waals surface area contributed by atoms with Crippen molar-refractivity contribution in [1.29, 1.82) is 0 Å². The molecule has 0 spiro atoms. The first-order valence-electron chi connectivity index (χ1n) is 42.7. The number of urea groups is 4. The van der Waals surface area contributed by atoms with E-state index < -0.39 is 64.2 Å². The molecular weight excluding hydrogens is 1760 g/mol. The zero-order valence-corrected chi connectivity index (χ0v) is 78.2. The number of fused-ring (bicyclic) bond motifs is 4. The molecule has 8 aromatic heterocycles. The highest BCUT2D eigenvalue weighted by Gasteiger charge is 2.31. The van der Waals surface area contributed by atoms with E-state index in [1.54, 1.807) is 61.4 Å². The fraction of sp³-hybridized carbons (Fsp3) is 0.298. The van der Waals surface area contributed by atoms with Gasteiger partial charge in [0.2, 0.25) is 17.6 Å². The number of hydrogen-bond acceptors (Lipinski definition) is 25. The average Bonchev–Trinajstić information content (AvgIpc) is 1.37. The summed E-state index contributed by atoms with van der Waals surface area (Å²) in [7, 11) is -4.22. The van der Waals surface area contributed by atoms with E-state index >= 15 is 0 Å². The second-order valence-electron chi connectivity index (χ2n) is 32.8. The molecule has 4 aliphatic rings. The summed E-state index contributed by atoms with van der Waals surface area (Å²) in [5.41, 5.74) is 19.5.